The van der Waals surface area contributed by atoms with Crippen LogP contribution in [0.25, 0.3) is 22.1 Å². The maximum absolute atomic E-state index is 13.7. The van der Waals surface area contributed by atoms with Gasteiger partial charge in [0.2, 0.25) is 5.91 Å². The summed E-state index contributed by atoms with van der Waals surface area (Å²) < 4.78 is 33.3. The highest BCUT2D eigenvalue weighted by Crippen LogP contribution is 2.34. The molecule has 136 valence electrons. The third kappa shape index (κ3) is 3.23. The van der Waals surface area contributed by atoms with E-state index in [1.165, 1.54) is 12.4 Å². The number of aromatic nitrogens is 2. The van der Waals surface area contributed by atoms with Gasteiger partial charge in [-0.3, -0.25) is 4.79 Å². The molecule has 1 amide bonds. The van der Waals surface area contributed by atoms with Crippen LogP contribution in [0.3, 0.4) is 0 Å². The van der Waals surface area contributed by atoms with Crippen molar-refractivity contribution in [1.29, 1.82) is 0 Å². The SMILES string of the molecule is C[C@H](Sc1ncnc2c1oc1ccccc12)C(=O)Nc1c(F)cccc1F. The van der Waals surface area contributed by atoms with Crippen LogP contribution in [0.15, 0.2) is 58.2 Å². The fourth-order valence-electron chi connectivity index (χ4n) is 2.65. The number of fused-ring (bicyclic) bond motifs is 3. The number of benzene rings is 2. The van der Waals surface area contributed by atoms with Crippen LogP contribution in [-0.4, -0.2) is 21.1 Å². The summed E-state index contributed by atoms with van der Waals surface area (Å²) in [5, 5.41) is 2.95. The molecule has 0 unspecified atom stereocenters. The minimum absolute atomic E-state index is 0.466. The zero-order valence-electron chi connectivity index (χ0n) is 14.1. The lowest BCUT2D eigenvalue weighted by molar-refractivity contribution is -0.115. The highest BCUT2D eigenvalue weighted by atomic mass is 32.2. The van der Waals surface area contributed by atoms with E-state index in [0.29, 0.717) is 21.7 Å². The van der Waals surface area contributed by atoms with Crippen molar-refractivity contribution in [3.05, 3.63) is 60.4 Å². The molecular weight excluding hydrogens is 372 g/mol. The van der Waals surface area contributed by atoms with Gasteiger partial charge in [0.15, 0.2) is 5.58 Å². The highest BCUT2D eigenvalue weighted by Gasteiger charge is 2.21. The Morgan fingerprint density at radius 3 is 2.63 bits per heavy atom. The molecule has 8 heteroatoms. The van der Waals surface area contributed by atoms with Gasteiger partial charge in [-0.25, -0.2) is 18.7 Å². The molecule has 4 rings (SSSR count). The van der Waals surface area contributed by atoms with E-state index < -0.39 is 28.5 Å². The number of carbonyl (C=O) groups is 1. The summed E-state index contributed by atoms with van der Waals surface area (Å²) in [4.78, 5) is 20.8. The fourth-order valence-corrected chi connectivity index (χ4v) is 3.50. The molecule has 2 aromatic carbocycles. The van der Waals surface area contributed by atoms with Gasteiger partial charge in [-0.1, -0.05) is 30.0 Å². The summed E-state index contributed by atoms with van der Waals surface area (Å²) in [6, 6.07) is 10.8. The number of rotatable bonds is 4. The second kappa shape index (κ2) is 6.96. The van der Waals surface area contributed by atoms with Crippen molar-refractivity contribution in [2.75, 3.05) is 5.32 Å². The molecule has 2 aromatic heterocycles. The molecule has 4 aromatic rings. The van der Waals surface area contributed by atoms with E-state index in [9.17, 15) is 13.6 Å². The molecule has 1 N–H and O–H groups in total. The van der Waals surface area contributed by atoms with E-state index in [-0.39, 0.29) is 0 Å². The molecule has 1 atom stereocenters. The summed E-state index contributed by atoms with van der Waals surface area (Å²) >= 11 is 1.13. The van der Waals surface area contributed by atoms with Crippen LogP contribution >= 0.6 is 11.8 Å². The standard InChI is InChI=1S/C19H13F2N3O2S/c1-10(18(25)24-16-12(20)6-4-7-13(16)21)27-19-17-15(22-9-23-19)11-5-2-3-8-14(11)26-17/h2-10H,1H3,(H,24,25)/t10-/m0/s1. The van der Waals surface area contributed by atoms with Gasteiger partial charge in [-0.05, 0) is 31.2 Å². The number of halogens is 2. The normalized spacial score (nSPS) is 12.4. The highest BCUT2D eigenvalue weighted by molar-refractivity contribution is 8.00. The Kier molecular flexibility index (Phi) is 4.49. The first-order chi connectivity index (χ1) is 13.0. The first kappa shape index (κ1) is 17.4. The van der Waals surface area contributed by atoms with E-state index in [2.05, 4.69) is 15.3 Å². The fraction of sp³-hybridized carbons (Fsp3) is 0.105. The van der Waals surface area contributed by atoms with Crippen LogP contribution in [0.5, 0.6) is 0 Å². The Hall–Kier alpha value is -3.00. The zero-order valence-corrected chi connectivity index (χ0v) is 14.9. The van der Waals surface area contributed by atoms with E-state index in [1.54, 1.807) is 6.92 Å². The van der Waals surface area contributed by atoms with Gasteiger partial charge >= 0.3 is 0 Å². The average Bonchev–Trinajstić information content (AvgIpc) is 3.04. The number of anilines is 1. The van der Waals surface area contributed by atoms with E-state index in [0.717, 1.165) is 29.3 Å². The number of nitrogens with zero attached hydrogens (tertiary/aromatic N) is 2. The second-order valence-corrected chi connectivity index (χ2v) is 7.13. The molecule has 0 fully saturated rings. The summed E-state index contributed by atoms with van der Waals surface area (Å²) in [5.41, 5.74) is 1.32. The molecule has 2 heterocycles. The number of nitrogens with one attached hydrogen (secondary N) is 1. The summed E-state index contributed by atoms with van der Waals surface area (Å²) in [7, 11) is 0. The third-order valence-corrected chi connectivity index (χ3v) is 5.08. The van der Waals surface area contributed by atoms with Crippen molar-refractivity contribution < 1.29 is 18.0 Å². The molecule has 0 spiro atoms. The van der Waals surface area contributed by atoms with Crippen molar-refractivity contribution in [3.63, 3.8) is 0 Å². The number of thioether (sulfide) groups is 1. The number of amides is 1. The number of hydrogen-bond donors (Lipinski definition) is 1. The molecule has 0 saturated carbocycles. The lowest BCUT2D eigenvalue weighted by atomic mass is 10.2. The van der Waals surface area contributed by atoms with Crippen LogP contribution in [-0.2, 0) is 4.79 Å². The molecular formula is C19H13F2N3O2S. The van der Waals surface area contributed by atoms with Gasteiger partial charge in [0.05, 0.1) is 5.25 Å². The largest absolute Gasteiger partial charge is 0.451 e. The number of furan rings is 1. The maximum Gasteiger partial charge on any atom is 0.237 e. The maximum atomic E-state index is 13.7. The van der Waals surface area contributed by atoms with Crippen LogP contribution in [0.4, 0.5) is 14.5 Å². The van der Waals surface area contributed by atoms with E-state index >= 15 is 0 Å². The lowest BCUT2D eigenvalue weighted by Gasteiger charge is -2.12. The van der Waals surface area contributed by atoms with Crippen molar-refractivity contribution >= 4 is 45.4 Å². The minimum Gasteiger partial charge on any atom is -0.451 e. The zero-order chi connectivity index (χ0) is 19.0. The van der Waals surface area contributed by atoms with Crippen molar-refractivity contribution in [2.45, 2.75) is 17.2 Å². The summed E-state index contributed by atoms with van der Waals surface area (Å²) in [6.45, 7) is 1.62. The van der Waals surface area contributed by atoms with Crippen LogP contribution < -0.4 is 5.32 Å². The van der Waals surface area contributed by atoms with Crippen molar-refractivity contribution in [3.8, 4) is 0 Å². The number of para-hydroxylation sites is 2. The summed E-state index contributed by atoms with van der Waals surface area (Å²) in [5.74, 6) is -2.21. The van der Waals surface area contributed by atoms with Crippen LogP contribution in [0.2, 0.25) is 0 Å². The molecule has 0 aliphatic heterocycles. The Balaban J connectivity index is 1.61. The molecule has 27 heavy (non-hydrogen) atoms. The predicted octanol–water partition coefficient (Wildman–Crippen LogP) is 4.77. The topological polar surface area (TPSA) is 68.0 Å². The van der Waals surface area contributed by atoms with Gasteiger partial charge in [0.25, 0.3) is 0 Å². The van der Waals surface area contributed by atoms with Gasteiger partial charge < -0.3 is 9.73 Å². The first-order valence-corrected chi connectivity index (χ1v) is 8.96. The molecule has 0 aliphatic carbocycles. The third-order valence-electron chi connectivity index (χ3n) is 3.99. The Labute approximate surface area is 156 Å². The smallest absolute Gasteiger partial charge is 0.237 e. The van der Waals surface area contributed by atoms with Crippen molar-refractivity contribution in [1.82, 2.24) is 9.97 Å². The van der Waals surface area contributed by atoms with Crippen LogP contribution in [0.1, 0.15) is 6.92 Å². The Morgan fingerprint density at radius 1 is 1.11 bits per heavy atom. The number of hydrogen-bond acceptors (Lipinski definition) is 5. The Bertz CT molecular complexity index is 1140. The molecule has 0 saturated heterocycles. The number of carbonyl (C=O) groups excluding carboxylic acids is 1. The molecule has 0 bridgehead atoms. The van der Waals surface area contributed by atoms with Gasteiger partial charge in [-0.2, -0.15) is 0 Å². The van der Waals surface area contributed by atoms with Crippen molar-refractivity contribution in [2.24, 2.45) is 0 Å². The predicted molar refractivity (Wildman–Crippen MR) is 99.6 cm³/mol. The van der Waals surface area contributed by atoms with Crippen LogP contribution in [0, 0.1) is 11.6 Å². The van der Waals surface area contributed by atoms with Gasteiger partial charge in [0.1, 0.15) is 39.8 Å². The molecule has 5 nitrogen and oxygen atoms in total. The minimum atomic E-state index is -0.831. The Morgan fingerprint density at radius 2 is 1.85 bits per heavy atom. The second-order valence-electron chi connectivity index (χ2n) is 5.80. The molecule has 0 radical (unpaired) electrons. The van der Waals surface area contributed by atoms with Gasteiger partial charge in [0, 0.05) is 5.39 Å². The lowest BCUT2D eigenvalue weighted by Crippen LogP contribution is -2.23. The van der Waals surface area contributed by atoms with E-state index in [1.807, 2.05) is 24.3 Å². The monoisotopic (exact) mass is 385 g/mol. The first-order valence-electron chi connectivity index (χ1n) is 8.08. The summed E-state index contributed by atoms with van der Waals surface area (Å²) in [6.07, 6.45) is 1.40. The molecule has 0 aliphatic rings. The average molecular weight is 385 g/mol. The van der Waals surface area contributed by atoms with Gasteiger partial charge in [-0.15, -0.1) is 0 Å². The van der Waals surface area contributed by atoms with E-state index in [4.69, 9.17) is 4.42 Å². The quantitative estimate of drug-likeness (QED) is 0.405.